The van der Waals surface area contributed by atoms with E-state index >= 15 is 0 Å². The van der Waals surface area contributed by atoms with Gasteiger partial charge in [0.25, 0.3) is 0 Å². The zero-order chi connectivity index (χ0) is 14.3. The Bertz CT molecular complexity index is 422. The number of carbonyl (C=O) groups is 1. The minimum atomic E-state index is -1.63. The molecule has 0 heterocycles. The van der Waals surface area contributed by atoms with Crippen LogP contribution in [0.2, 0.25) is 0 Å². The Morgan fingerprint density at radius 1 is 1.28 bits per heavy atom. The Hall–Kier alpha value is -1.72. The summed E-state index contributed by atoms with van der Waals surface area (Å²) in [5, 5.41) is 2.00. The van der Waals surface area contributed by atoms with Crippen LogP contribution in [0, 0.1) is 24.4 Å². The van der Waals surface area contributed by atoms with Crippen molar-refractivity contribution < 1.29 is 22.7 Å². The van der Waals surface area contributed by atoms with Crippen molar-refractivity contribution >= 4 is 11.8 Å². The first-order valence-electron chi connectivity index (χ1n) is 5.55. The normalized spacial score (nSPS) is 9.28. The highest BCUT2D eigenvalue weighted by Crippen LogP contribution is 2.24. The molecule has 0 saturated heterocycles. The highest BCUT2D eigenvalue weighted by Gasteiger charge is 2.18. The number of aryl methyl sites for hydroxylation is 1. The Kier molecular flexibility index (Phi) is 6.85. The molecule has 1 N–H and O–H groups in total. The van der Waals surface area contributed by atoms with Gasteiger partial charge in [0.15, 0.2) is 17.5 Å². The van der Waals surface area contributed by atoms with Gasteiger partial charge in [-0.05, 0) is 25.5 Å². The smallest absolute Gasteiger partial charge is 0.411 e. The molecular weight excluding hydrogens is 247 g/mol. The Morgan fingerprint density at radius 3 is 2.33 bits per heavy atom. The predicted molar refractivity (Wildman–Crippen MR) is 63.0 cm³/mol. The second-order valence-electron chi connectivity index (χ2n) is 3.02. The molecule has 0 aromatic heterocycles. The zero-order valence-electron chi connectivity index (χ0n) is 10.7. The van der Waals surface area contributed by atoms with Gasteiger partial charge in [-0.1, -0.05) is 13.8 Å². The lowest BCUT2D eigenvalue weighted by atomic mass is 10.2. The Morgan fingerprint density at radius 2 is 1.83 bits per heavy atom. The van der Waals surface area contributed by atoms with Gasteiger partial charge < -0.3 is 4.74 Å². The number of halogens is 3. The van der Waals surface area contributed by atoms with E-state index < -0.39 is 29.2 Å². The number of nitrogens with one attached hydrogen (secondary N) is 1. The van der Waals surface area contributed by atoms with Gasteiger partial charge in [-0.2, -0.15) is 0 Å². The summed E-state index contributed by atoms with van der Waals surface area (Å²) in [5.74, 6) is -4.37. The SMILES string of the molecule is CC.CCOC(=O)Nc1c(C)cc(F)c(F)c1F. The van der Waals surface area contributed by atoms with E-state index in [1.165, 1.54) is 6.92 Å². The molecule has 0 fully saturated rings. The molecule has 1 aromatic carbocycles. The maximum atomic E-state index is 13.2. The van der Waals surface area contributed by atoms with E-state index in [2.05, 4.69) is 4.74 Å². The summed E-state index contributed by atoms with van der Waals surface area (Å²) in [6.45, 7) is 7.00. The highest BCUT2D eigenvalue weighted by molar-refractivity contribution is 5.85. The van der Waals surface area contributed by atoms with E-state index in [9.17, 15) is 18.0 Å². The number of rotatable bonds is 2. The molecule has 1 amide bonds. The maximum Gasteiger partial charge on any atom is 0.411 e. The molecule has 18 heavy (non-hydrogen) atoms. The summed E-state index contributed by atoms with van der Waals surface area (Å²) in [7, 11) is 0. The van der Waals surface area contributed by atoms with E-state index in [0.29, 0.717) is 0 Å². The molecule has 6 heteroatoms. The van der Waals surface area contributed by atoms with Gasteiger partial charge in [-0.15, -0.1) is 0 Å². The van der Waals surface area contributed by atoms with Crippen molar-refractivity contribution in [1.29, 1.82) is 0 Å². The molecule has 102 valence electrons. The average Bonchev–Trinajstić information content (AvgIpc) is 2.35. The lowest BCUT2D eigenvalue weighted by Crippen LogP contribution is -2.16. The van der Waals surface area contributed by atoms with Crippen LogP contribution in [0.4, 0.5) is 23.7 Å². The van der Waals surface area contributed by atoms with Gasteiger partial charge in [-0.3, -0.25) is 5.32 Å². The standard InChI is InChI=1S/C10H10F3NO2.C2H6/c1-3-16-10(15)14-9-5(2)4-6(11)7(12)8(9)13;1-2/h4H,3H2,1-2H3,(H,14,15);1-2H3. The van der Waals surface area contributed by atoms with Crippen LogP contribution in [0.15, 0.2) is 6.07 Å². The summed E-state index contributed by atoms with van der Waals surface area (Å²) >= 11 is 0. The van der Waals surface area contributed by atoms with E-state index in [4.69, 9.17) is 0 Å². The number of hydrogen-bond donors (Lipinski definition) is 1. The third-order valence-electron chi connectivity index (χ3n) is 1.86. The zero-order valence-corrected chi connectivity index (χ0v) is 10.7. The molecule has 0 unspecified atom stereocenters. The Balaban J connectivity index is 0.00000137. The summed E-state index contributed by atoms with van der Waals surface area (Å²) in [5.41, 5.74) is -0.346. The second kappa shape index (κ2) is 7.58. The van der Waals surface area contributed by atoms with Crippen molar-refractivity contribution in [1.82, 2.24) is 0 Å². The van der Waals surface area contributed by atoms with Crippen LogP contribution in [0.5, 0.6) is 0 Å². The third-order valence-corrected chi connectivity index (χ3v) is 1.86. The van der Waals surface area contributed by atoms with Gasteiger partial charge in [-0.25, -0.2) is 18.0 Å². The van der Waals surface area contributed by atoms with Crippen LogP contribution < -0.4 is 5.32 Å². The van der Waals surface area contributed by atoms with E-state index in [-0.39, 0.29) is 12.2 Å². The number of hydrogen-bond acceptors (Lipinski definition) is 2. The van der Waals surface area contributed by atoms with Crippen molar-refractivity contribution in [2.45, 2.75) is 27.7 Å². The molecule has 0 saturated carbocycles. The molecule has 0 atom stereocenters. The van der Waals surface area contributed by atoms with Gasteiger partial charge in [0.1, 0.15) is 0 Å². The van der Waals surface area contributed by atoms with E-state index in [1.54, 1.807) is 6.92 Å². The van der Waals surface area contributed by atoms with Crippen molar-refractivity contribution in [3.8, 4) is 0 Å². The monoisotopic (exact) mass is 263 g/mol. The minimum Gasteiger partial charge on any atom is -0.450 e. The van der Waals surface area contributed by atoms with Crippen LogP contribution in [0.25, 0.3) is 0 Å². The fraction of sp³-hybridized carbons (Fsp3) is 0.417. The largest absolute Gasteiger partial charge is 0.450 e. The van der Waals surface area contributed by atoms with Crippen molar-refractivity contribution in [2.24, 2.45) is 0 Å². The van der Waals surface area contributed by atoms with Crippen molar-refractivity contribution in [3.63, 3.8) is 0 Å². The first-order chi connectivity index (χ1) is 8.47. The van der Waals surface area contributed by atoms with Gasteiger partial charge in [0.2, 0.25) is 0 Å². The van der Waals surface area contributed by atoms with Crippen LogP contribution >= 0.6 is 0 Å². The first kappa shape index (κ1) is 16.3. The molecule has 3 nitrogen and oxygen atoms in total. The molecule has 1 aromatic rings. The van der Waals surface area contributed by atoms with Gasteiger partial charge in [0, 0.05) is 0 Å². The van der Waals surface area contributed by atoms with Gasteiger partial charge in [0.05, 0.1) is 12.3 Å². The average molecular weight is 263 g/mol. The molecule has 0 aliphatic carbocycles. The third kappa shape index (κ3) is 3.94. The fourth-order valence-electron chi connectivity index (χ4n) is 1.14. The second-order valence-corrected chi connectivity index (χ2v) is 3.02. The maximum absolute atomic E-state index is 13.2. The van der Waals surface area contributed by atoms with Crippen LogP contribution in [0.1, 0.15) is 26.3 Å². The molecule has 0 aliphatic rings. The van der Waals surface area contributed by atoms with Crippen LogP contribution in [0.3, 0.4) is 0 Å². The number of benzene rings is 1. The number of ether oxygens (including phenoxy) is 1. The van der Waals surface area contributed by atoms with E-state index in [1.807, 2.05) is 19.2 Å². The summed E-state index contributed by atoms with van der Waals surface area (Å²) in [4.78, 5) is 11.0. The molecule has 1 rings (SSSR count). The van der Waals surface area contributed by atoms with E-state index in [0.717, 1.165) is 6.07 Å². The predicted octanol–water partition coefficient (Wildman–Crippen LogP) is 4.01. The topological polar surface area (TPSA) is 38.3 Å². The quantitative estimate of drug-likeness (QED) is 0.819. The number of carbonyl (C=O) groups excluding carboxylic acids is 1. The summed E-state index contributed by atoms with van der Waals surface area (Å²) in [6, 6.07) is 0.792. The summed E-state index contributed by atoms with van der Waals surface area (Å²) < 4.78 is 43.3. The number of amides is 1. The lowest BCUT2D eigenvalue weighted by molar-refractivity contribution is 0.167. The van der Waals surface area contributed by atoms with Crippen LogP contribution in [-0.4, -0.2) is 12.7 Å². The number of anilines is 1. The fourth-order valence-corrected chi connectivity index (χ4v) is 1.14. The molecule has 0 spiro atoms. The molecule has 0 aliphatic heterocycles. The lowest BCUT2D eigenvalue weighted by Gasteiger charge is -2.10. The first-order valence-corrected chi connectivity index (χ1v) is 5.55. The summed E-state index contributed by atoms with van der Waals surface area (Å²) in [6.07, 6.45) is -0.921. The van der Waals surface area contributed by atoms with Crippen LogP contribution in [-0.2, 0) is 4.74 Å². The molecular formula is C12H16F3NO2. The minimum absolute atomic E-state index is 0.0736. The Labute approximate surface area is 104 Å². The van der Waals surface area contributed by atoms with Gasteiger partial charge >= 0.3 is 6.09 Å². The highest BCUT2D eigenvalue weighted by atomic mass is 19.2. The molecule has 0 radical (unpaired) electrons. The van der Waals surface area contributed by atoms with Crippen molar-refractivity contribution in [2.75, 3.05) is 11.9 Å². The molecule has 0 bridgehead atoms. The van der Waals surface area contributed by atoms with Crippen molar-refractivity contribution in [3.05, 3.63) is 29.1 Å².